The first-order chi connectivity index (χ1) is 27.7. The second kappa shape index (κ2) is 11.8. The van der Waals surface area contributed by atoms with Gasteiger partial charge in [-0.3, -0.25) is 0 Å². The van der Waals surface area contributed by atoms with Crippen LogP contribution in [0.25, 0.3) is 55.0 Å². The van der Waals surface area contributed by atoms with Crippen molar-refractivity contribution in [1.82, 2.24) is 9.13 Å². The SMILES string of the molecule is CC(C)(C)c1ccc(N2c3ccc(C(C)(C)C)cc3B3c4ccccc4-n4c5cc6c(cc5c5ccc2c3c54)c2ccccc2n6-c2ccc(C(C)(C)C)cc2)cc1. The predicted octanol–water partition coefficient (Wildman–Crippen LogP) is 12.4. The number of fused-ring (bicyclic) bond motifs is 11. The summed E-state index contributed by atoms with van der Waals surface area (Å²) in [7, 11) is 0. The molecule has 0 saturated heterocycles. The Labute approximate surface area is 342 Å². The van der Waals surface area contributed by atoms with Gasteiger partial charge in [-0.2, -0.15) is 0 Å². The largest absolute Gasteiger partial charge is 0.311 e. The molecule has 2 aliphatic rings. The molecule has 0 atom stereocenters. The topological polar surface area (TPSA) is 13.1 Å². The van der Waals surface area contributed by atoms with Gasteiger partial charge in [-0.15, -0.1) is 0 Å². The van der Waals surface area contributed by atoms with E-state index < -0.39 is 0 Å². The number of benzene rings is 7. The first-order valence-electron chi connectivity index (χ1n) is 21.0. The van der Waals surface area contributed by atoms with E-state index in [4.69, 9.17) is 0 Å². The number of rotatable bonds is 2. The fourth-order valence-corrected chi connectivity index (χ4v) is 10.1. The van der Waals surface area contributed by atoms with Gasteiger partial charge in [0, 0.05) is 50.0 Å². The highest BCUT2D eigenvalue weighted by Gasteiger charge is 2.42. The van der Waals surface area contributed by atoms with Gasteiger partial charge in [0.1, 0.15) is 0 Å². The van der Waals surface area contributed by atoms with E-state index in [0.717, 1.165) is 0 Å². The summed E-state index contributed by atoms with van der Waals surface area (Å²) in [5, 5.41) is 5.16. The third-order valence-corrected chi connectivity index (χ3v) is 13.2. The molecule has 2 aliphatic heterocycles. The van der Waals surface area contributed by atoms with Gasteiger partial charge in [0.2, 0.25) is 0 Å². The van der Waals surface area contributed by atoms with E-state index in [2.05, 4.69) is 216 Å². The molecular formula is C54H50BN3. The van der Waals surface area contributed by atoms with E-state index in [1.165, 1.54) is 105 Å². The van der Waals surface area contributed by atoms with E-state index in [1.54, 1.807) is 0 Å². The third-order valence-electron chi connectivity index (χ3n) is 13.2. The lowest BCUT2D eigenvalue weighted by Crippen LogP contribution is -2.60. The predicted molar refractivity (Wildman–Crippen MR) is 251 cm³/mol. The number of nitrogens with zero attached hydrogens (tertiary/aromatic N) is 3. The molecule has 0 saturated carbocycles. The fourth-order valence-electron chi connectivity index (χ4n) is 10.1. The lowest BCUT2D eigenvalue weighted by atomic mass is 9.33. The van der Waals surface area contributed by atoms with Gasteiger partial charge < -0.3 is 14.0 Å². The minimum atomic E-state index is 0.0133. The fraction of sp³-hybridized carbons (Fsp3) is 0.222. The molecule has 0 fully saturated rings. The molecule has 2 aromatic heterocycles. The molecule has 0 spiro atoms. The minimum absolute atomic E-state index is 0.0133. The highest BCUT2D eigenvalue weighted by atomic mass is 15.2. The molecule has 284 valence electrons. The summed E-state index contributed by atoms with van der Waals surface area (Å²) >= 11 is 0. The van der Waals surface area contributed by atoms with Gasteiger partial charge in [-0.25, -0.2) is 0 Å². The van der Waals surface area contributed by atoms with E-state index in [1.807, 2.05) is 0 Å². The van der Waals surface area contributed by atoms with E-state index >= 15 is 0 Å². The Bertz CT molecular complexity index is 3160. The summed E-state index contributed by atoms with van der Waals surface area (Å²) in [5.41, 5.74) is 19.5. The standard InChI is InChI=1S/C54H50BN3/c1-52(2,3)33-18-23-36(24-19-33)56-44-16-12-10-14-38(44)40-31-41-39-27-29-47-50-51(39)58(49(41)32-48(40)56)45-17-13-11-15-42(45)55(50)43-30-35(54(7,8)9)22-28-46(43)57(47)37-25-20-34(21-26-37)53(4,5)6/h10-32H,1-9H3. The summed E-state index contributed by atoms with van der Waals surface area (Å²) in [5.74, 6) is 0. The molecule has 11 rings (SSSR count). The van der Waals surface area contributed by atoms with Gasteiger partial charge in [0.05, 0.1) is 22.1 Å². The molecule has 0 N–H and O–H groups in total. The van der Waals surface area contributed by atoms with Gasteiger partial charge in [-0.1, -0.05) is 141 Å². The zero-order valence-corrected chi connectivity index (χ0v) is 35.2. The van der Waals surface area contributed by atoms with Crippen LogP contribution in [0, 0.1) is 0 Å². The average molecular weight is 752 g/mol. The van der Waals surface area contributed by atoms with Crippen LogP contribution in [0.2, 0.25) is 0 Å². The van der Waals surface area contributed by atoms with Crippen LogP contribution in [0.4, 0.5) is 17.1 Å². The molecule has 0 amide bonds. The van der Waals surface area contributed by atoms with E-state index in [9.17, 15) is 0 Å². The Balaban J connectivity index is 1.24. The number of anilines is 3. The van der Waals surface area contributed by atoms with Crippen molar-refractivity contribution in [2.45, 2.75) is 78.6 Å². The molecule has 4 heteroatoms. The van der Waals surface area contributed by atoms with Gasteiger partial charge in [0.15, 0.2) is 0 Å². The number of hydrogen-bond acceptors (Lipinski definition) is 1. The Morgan fingerprint density at radius 1 is 0.379 bits per heavy atom. The summed E-state index contributed by atoms with van der Waals surface area (Å²) in [6, 6.07) is 53.6. The van der Waals surface area contributed by atoms with Gasteiger partial charge in [0.25, 0.3) is 6.71 Å². The zero-order chi connectivity index (χ0) is 40.0. The van der Waals surface area contributed by atoms with Crippen LogP contribution in [-0.4, -0.2) is 15.8 Å². The van der Waals surface area contributed by atoms with Crippen molar-refractivity contribution in [3.63, 3.8) is 0 Å². The lowest BCUT2D eigenvalue weighted by Gasteiger charge is -2.40. The summed E-state index contributed by atoms with van der Waals surface area (Å²) in [6.45, 7) is 20.8. The molecule has 7 aromatic carbocycles. The van der Waals surface area contributed by atoms with Crippen molar-refractivity contribution >= 4 is 83.8 Å². The van der Waals surface area contributed by atoms with Crippen molar-refractivity contribution < 1.29 is 0 Å². The molecule has 0 radical (unpaired) electrons. The van der Waals surface area contributed by atoms with Crippen molar-refractivity contribution in [3.8, 4) is 11.4 Å². The monoisotopic (exact) mass is 751 g/mol. The number of para-hydroxylation sites is 2. The Morgan fingerprint density at radius 3 is 1.64 bits per heavy atom. The summed E-state index contributed by atoms with van der Waals surface area (Å²) < 4.78 is 5.07. The smallest absolute Gasteiger partial charge is 0.252 e. The first kappa shape index (κ1) is 35.2. The maximum Gasteiger partial charge on any atom is 0.252 e. The summed E-state index contributed by atoms with van der Waals surface area (Å²) in [6.07, 6.45) is 0. The van der Waals surface area contributed by atoms with Crippen LogP contribution in [0.15, 0.2) is 140 Å². The first-order valence-corrected chi connectivity index (χ1v) is 21.0. The molecule has 3 nitrogen and oxygen atoms in total. The maximum atomic E-state index is 2.60. The van der Waals surface area contributed by atoms with Crippen molar-refractivity contribution in [2.75, 3.05) is 4.90 Å². The molecule has 0 aliphatic carbocycles. The van der Waals surface area contributed by atoms with Crippen LogP contribution < -0.4 is 21.3 Å². The van der Waals surface area contributed by atoms with Crippen molar-refractivity contribution in [1.29, 1.82) is 0 Å². The highest BCUT2D eigenvalue weighted by molar-refractivity contribution is 7.00. The zero-order valence-electron chi connectivity index (χ0n) is 35.2. The maximum absolute atomic E-state index is 2.60. The molecule has 0 bridgehead atoms. The quantitative estimate of drug-likeness (QED) is 0.160. The van der Waals surface area contributed by atoms with Crippen molar-refractivity contribution in [2.24, 2.45) is 0 Å². The van der Waals surface area contributed by atoms with Crippen LogP contribution >= 0.6 is 0 Å². The average Bonchev–Trinajstić information content (AvgIpc) is 3.70. The molecule has 0 unspecified atom stereocenters. The molecule has 9 aromatic rings. The van der Waals surface area contributed by atoms with Crippen LogP contribution in [0.3, 0.4) is 0 Å². The second-order valence-corrected chi connectivity index (χ2v) is 19.9. The lowest BCUT2D eigenvalue weighted by molar-refractivity contribution is 0.590. The van der Waals surface area contributed by atoms with Crippen LogP contribution in [0.5, 0.6) is 0 Å². The van der Waals surface area contributed by atoms with Crippen LogP contribution in [-0.2, 0) is 16.2 Å². The number of hydrogen-bond donors (Lipinski definition) is 0. The Kier molecular flexibility index (Phi) is 7.15. The van der Waals surface area contributed by atoms with Gasteiger partial charge in [-0.05, 0) is 110 Å². The van der Waals surface area contributed by atoms with Crippen molar-refractivity contribution in [3.05, 3.63) is 156 Å². The molecule has 4 heterocycles. The second-order valence-electron chi connectivity index (χ2n) is 19.9. The van der Waals surface area contributed by atoms with Gasteiger partial charge >= 0.3 is 0 Å². The summed E-state index contributed by atoms with van der Waals surface area (Å²) in [4.78, 5) is 2.54. The van der Waals surface area contributed by atoms with E-state index in [0.29, 0.717) is 0 Å². The normalized spacial score (nSPS) is 13.9. The Hall–Kier alpha value is -6.00. The van der Waals surface area contributed by atoms with Crippen LogP contribution in [0.1, 0.15) is 79.0 Å². The minimum Gasteiger partial charge on any atom is -0.311 e. The molecular weight excluding hydrogens is 701 g/mol. The third kappa shape index (κ3) is 4.93. The molecule has 58 heavy (non-hydrogen) atoms. The van der Waals surface area contributed by atoms with E-state index in [-0.39, 0.29) is 23.0 Å². The number of aromatic nitrogens is 2. The Morgan fingerprint density at radius 2 is 0.948 bits per heavy atom. The highest BCUT2D eigenvalue weighted by Crippen LogP contribution is 2.45.